The minimum absolute atomic E-state index is 0.247. The Hall–Kier alpha value is -1.67. The van der Waals surface area contributed by atoms with E-state index < -0.39 is 9.84 Å². The number of aromatic amines is 1. The first-order valence-electron chi connectivity index (χ1n) is 10.9. The van der Waals surface area contributed by atoms with Crippen molar-refractivity contribution in [3.8, 4) is 0 Å². The van der Waals surface area contributed by atoms with Crippen LogP contribution >= 0.6 is 0 Å². The maximum Gasteiger partial charge on any atom is 0.227 e. The zero-order valence-corrected chi connectivity index (χ0v) is 18.4. The molecule has 2 heterocycles. The van der Waals surface area contributed by atoms with E-state index in [4.69, 9.17) is 0 Å². The van der Waals surface area contributed by atoms with Gasteiger partial charge in [0.2, 0.25) is 15.0 Å². The SMILES string of the molecule is Cc1cc(CN(C)Cc2cnc(S(=O)(=O)CC3CC3)n2CC2CCCCC2)n[nH]1. The van der Waals surface area contributed by atoms with E-state index in [1.807, 2.05) is 24.6 Å². The van der Waals surface area contributed by atoms with Crippen molar-refractivity contribution in [1.29, 1.82) is 0 Å². The van der Waals surface area contributed by atoms with Gasteiger partial charge in [0.25, 0.3) is 0 Å². The summed E-state index contributed by atoms with van der Waals surface area (Å²) in [4.78, 5) is 6.59. The van der Waals surface area contributed by atoms with Gasteiger partial charge in [0.1, 0.15) is 0 Å². The van der Waals surface area contributed by atoms with E-state index in [2.05, 4.69) is 20.1 Å². The lowest BCUT2D eigenvalue weighted by atomic mass is 9.89. The van der Waals surface area contributed by atoms with E-state index in [1.165, 1.54) is 32.1 Å². The van der Waals surface area contributed by atoms with Crippen LogP contribution in [-0.4, -0.2) is 45.9 Å². The van der Waals surface area contributed by atoms with Gasteiger partial charge in [-0.25, -0.2) is 13.4 Å². The fourth-order valence-corrected chi connectivity index (χ4v) is 6.27. The molecule has 0 unspecified atom stereocenters. The van der Waals surface area contributed by atoms with Gasteiger partial charge in [0, 0.05) is 25.3 Å². The largest absolute Gasteiger partial charge is 0.317 e. The molecule has 2 aliphatic rings. The topological polar surface area (TPSA) is 83.9 Å². The fourth-order valence-electron chi connectivity index (χ4n) is 4.42. The van der Waals surface area contributed by atoms with Gasteiger partial charge >= 0.3 is 0 Å². The summed E-state index contributed by atoms with van der Waals surface area (Å²) in [5.74, 6) is 1.12. The number of hydrogen-bond acceptors (Lipinski definition) is 5. The van der Waals surface area contributed by atoms with Crippen molar-refractivity contribution in [2.75, 3.05) is 12.8 Å². The first-order chi connectivity index (χ1) is 13.9. The molecule has 0 atom stereocenters. The highest BCUT2D eigenvalue weighted by atomic mass is 32.2. The number of hydrogen-bond donors (Lipinski definition) is 1. The third kappa shape index (κ3) is 5.28. The van der Waals surface area contributed by atoms with Crippen molar-refractivity contribution < 1.29 is 8.42 Å². The van der Waals surface area contributed by atoms with E-state index in [0.29, 0.717) is 24.9 Å². The fraction of sp³-hybridized carbons (Fsp3) is 0.714. The first-order valence-corrected chi connectivity index (χ1v) is 12.5. The molecular formula is C21H33N5O2S. The lowest BCUT2D eigenvalue weighted by Crippen LogP contribution is -2.24. The van der Waals surface area contributed by atoms with E-state index in [9.17, 15) is 8.42 Å². The Balaban J connectivity index is 1.54. The van der Waals surface area contributed by atoms with E-state index >= 15 is 0 Å². The Morgan fingerprint density at radius 3 is 2.55 bits per heavy atom. The number of sulfone groups is 1. The van der Waals surface area contributed by atoms with Gasteiger partial charge in [-0.05, 0) is 57.6 Å². The third-order valence-corrected chi connectivity index (χ3v) is 7.91. The minimum Gasteiger partial charge on any atom is -0.317 e. The standard InChI is InChI=1S/C21H33N5O2S/c1-16-10-19(24-23-16)13-25(2)14-20-11-22-21(29(27,28)15-18-8-9-18)26(20)12-17-6-4-3-5-7-17/h10-11,17-18H,3-9,12-15H2,1-2H3,(H,23,24). The summed E-state index contributed by atoms with van der Waals surface area (Å²) in [5.41, 5.74) is 3.02. The van der Waals surface area contributed by atoms with Crippen LogP contribution in [0.15, 0.2) is 17.4 Å². The predicted octanol–water partition coefficient (Wildman–Crippen LogP) is 3.31. The quantitative estimate of drug-likeness (QED) is 0.674. The molecule has 0 saturated heterocycles. The van der Waals surface area contributed by atoms with Gasteiger partial charge in [-0.3, -0.25) is 10.00 Å². The minimum atomic E-state index is -3.33. The van der Waals surface area contributed by atoms with Gasteiger partial charge in [0.15, 0.2) is 0 Å². The van der Waals surface area contributed by atoms with Crippen molar-refractivity contribution in [2.24, 2.45) is 11.8 Å². The van der Waals surface area contributed by atoms with Gasteiger partial charge in [-0.1, -0.05) is 19.3 Å². The number of nitrogens with zero attached hydrogens (tertiary/aromatic N) is 4. The number of rotatable bonds is 9. The molecule has 2 aliphatic carbocycles. The molecule has 2 aromatic rings. The van der Waals surface area contributed by atoms with Crippen LogP contribution in [0.5, 0.6) is 0 Å². The summed E-state index contributed by atoms with van der Waals surface area (Å²) in [7, 11) is -1.29. The van der Waals surface area contributed by atoms with Crippen LogP contribution in [-0.2, 0) is 29.5 Å². The summed E-state index contributed by atoms with van der Waals surface area (Å²) in [6.45, 7) is 4.13. The van der Waals surface area contributed by atoms with Crippen LogP contribution in [0.25, 0.3) is 0 Å². The summed E-state index contributed by atoms with van der Waals surface area (Å²) in [5, 5.41) is 7.58. The molecule has 4 rings (SSSR count). The molecule has 0 radical (unpaired) electrons. The monoisotopic (exact) mass is 419 g/mol. The molecule has 2 fully saturated rings. The Bertz CT molecular complexity index is 923. The average Bonchev–Trinajstić information content (AvgIpc) is 3.24. The van der Waals surface area contributed by atoms with Crippen LogP contribution < -0.4 is 0 Å². The second-order valence-electron chi connectivity index (χ2n) is 9.09. The van der Waals surface area contributed by atoms with Gasteiger partial charge < -0.3 is 4.57 Å². The number of aryl methyl sites for hydroxylation is 1. The van der Waals surface area contributed by atoms with Gasteiger partial charge in [-0.15, -0.1) is 0 Å². The van der Waals surface area contributed by atoms with Crippen molar-refractivity contribution in [1.82, 2.24) is 24.6 Å². The number of aromatic nitrogens is 4. The summed E-state index contributed by atoms with van der Waals surface area (Å²) in [6, 6.07) is 2.04. The van der Waals surface area contributed by atoms with E-state index in [-0.39, 0.29) is 10.9 Å². The zero-order chi connectivity index (χ0) is 20.4. The predicted molar refractivity (Wildman–Crippen MR) is 112 cm³/mol. The molecule has 0 amide bonds. The molecule has 8 heteroatoms. The zero-order valence-electron chi connectivity index (χ0n) is 17.6. The van der Waals surface area contributed by atoms with Crippen molar-refractivity contribution >= 4 is 9.84 Å². The lowest BCUT2D eigenvalue weighted by Gasteiger charge is -2.25. The Morgan fingerprint density at radius 2 is 1.90 bits per heavy atom. The second kappa shape index (κ2) is 8.60. The summed E-state index contributed by atoms with van der Waals surface area (Å²) < 4.78 is 28.1. The normalized spacial score (nSPS) is 18.6. The number of nitrogens with one attached hydrogen (secondary N) is 1. The van der Waals surface area contributed by atoms with Gasteiger partial charge in [0.05, 0.1) is 23.3 Å². The molecule has 2 aromatic heterocycles. The Kier molecular flexibility index (Phi) is 6.11. The highest BCUT2D eigenvalue weighted by molar-refractivity contribution is 7.91. The van der Waals surface area contributed by atoms with Crippen LogP contribution in [0, 0.1) is 18.8 Å². The second-order valence-corrected chi connectivity index (χ2v) is 11.0. The first kappa shape index (κ1) is 20.6. The smallest absolute Gasteiger partial charge is 0.227 e. The maximum absolute atomic E-state index is 13.0. The van der Waals surface area contributed by atoms with Crippen molar-refractivity contribution in [3.05, 3.63) is 29.3 Å². The third-order valence-electron chi connectivity index (χ3n) is 6.12. The van der Waals surface area contributed by atoms with Crippen LogP contribution in [0.2, 0.25) is 0 Å². The Labute approximate surface area is 173 Å². The molecule has 0 aromatic carbocycles. The van der Waals surface area contributed by atoms with Crippen molar-refractivity contribution in [3.63, 3.8) is 0 Å². The van der Waals surface area contributed by atoms with Crippen LogP contribution in [0.3, 0.4) is 0 Å². The lowest BCUT2D eigenvalue weighted by molar-refractivity contribution is 0.280. The summed E-state index contributed by atoms with van der Waals surface area (Å²) >= 11 is 0. The summed E-state index contributed by atoms with van der Waals surface area (Å²) in [6.07, 6.45) is 9.99. The molecule has 0 bridgehead atoms. The number of H-pyrrole nitrogens is 1. The average molecular weight is 420 g/mol. The molecule has 1 N–H and O–H groups in total. The van der Waals surface area contributed by atoms with Crippen LogP contribution in [0.4, 0.5) is 0 Å². The highest BCUT2D eigenvalue weighted by Crippen LogP contribution is 2.33. The van der Waals surface area contributed by atoms with E-state index in [0.717, 1.165) is 36.5 Å². The molecule has 29 heavy (non-hydrogen) atoms. The molecule has 2 saturated carbocycles. The highest BCUT2D eigenvalue weighted by Gasteiger charge is 2.33. The van der Waals surface area contributed by atoms with Gasteiger partial charge in [-0.2, -0.15) is 5.10 Å². The Morgan fingerprint density at radius 1 is 1.14 bits per heavy atom. The molecular weight excluding hydrogens is 386 g/mol. The number of imidazole rings is 1. The molecule has 0 aliphatic heterocycles. The molecule has 160 valence electrons. The molecule has 7 nitrogen and oxygen atoms in total. The van der Waals surface area contributed by atoms with E-state index in [1.54, 1.807) is 6.20 Å². The maximum atomic E-state index is 13.0. The van der Waals surface area contributed by atoms with Crippen LogP contribution in [0.1, 0.15) is 62.0 Å². The molecule has 0 spiro atoms. The van der Waals surface area contributed by atoms with Crippen molar-refractivity contribution in [2.45, 2.75) is 76.7 Å².